The molecule has 0 bridgehead atoms. The molecular weight excluding hydrogens is 256 g/mol. The fraction of sp³-hybridized carbons (Fsp3) is 0.364. The molecule has 1 aliphatic carbocycles. The van der Waals surface area contributed by atoms with Gasteiger partial charge in [0.05, 0.1) is 22.8 Å². The minimum Gasteiger partial charge on any atom is -0.492 e. The Morgan fingerprint density at radius 2 is 2.33 bits per heavy atom. The molecule has 0 unspecified atom stereocenters. The number of aromatic nitrogens is 2. The van der Waals surface area contributed by atoms with Crippen LogP contribution in [0.4, 0.5) is 0 Å². The number of rotatable bonds is 3. The third-order valence-electron chi connectivity index (χ3n) is 2.66. The summed E-state index contributed by atoms with van der Waals surface area (Å²) in [4.78, 5) is 0. The van der Waals surface area contributed by atoms with Crippen LogP contribution in [0.3, 0.4) is 0 Å². The summed E-state index contributed by atoms with van der Waals surface area (Å²) < 4.78 is 6.74. The Bertz CT molecular complexity index is 490. The molecule has 0 atom stereocenters. The Kier molecular flexibility index (Phi) is 2.16. The van der Waals surface area contributed by atoms with E-state index in [1.54, 1.807) is 0 Å². The van der Waals surface area contributed by atoms with Crippen LogP contribution in [0.15, 0.2) is 22.8 Å². The summed E-state index contributed by atoms with van der Waals surface area (Å²) in [5.41, 5.74) is 1.03. The van der Waals surface area contributed by atoms with E-state index in [1.807, 2.05) is 18.3 Å². The van der Waals surface area contributed by atoms with Gasteiger partial charge < -0.3 is 4.74 Å². The van der Waals surface area contributed by atoms with E-state index in [-0.39, 0.29) is 0 Å². The lowest BCUT2D eigenvalue weighted by Crippen LogP contribution is -1.99. The summed E-state index contributed by atoms with van der Waals surface area (Å²) in [5.74, 6) is 1.69. The number of aromatic amines is 1. The van der Waals surface area contributed by atoms with Crippen LogP contribution in [0.1, 0.15) is 12.8 Å². The van der Waals surface area contributed by atoms with Crippen molar-refractivity contribution in [2.75, 3.05) is 6.61 Å². The average molecular weight is 267 g/mol. The van der Waals surface area contributed by atoms with Crippen molar-refractivity contribution in [3.8, 4) is 5.75 Å². The number of benzene rings is 1. The van der Waals surface area contributed by atoms with E-state index in [0.717, 1.165) is 33.6 Å². The van der Waals surface area contributed by atoms with Gasteiger partial charge in [-0.15, -0.1) is 0 Å². The molecule has 0 aliphatic heterocycles. The van der Waals surface area contributed by atoms with E-state index in [9.17, 15) is 0 Å². The summed E-state index contributed by atoms with van der Waals surface area (Å²) in [6.45, 7) is 0.835. The van der Waals surface area contributed by atoms with Gasteiger partial charge in [0, 0.05) is 5.39 Å². The van der Waals surface area contributed by atoms with Crippen LogP contribution >= 0.6 is 15.9 Å². The van der Waals surface area contributed by atoms with Crippen molar-refractivity contribution in [1.29, 1.82) is 0 Å². The number of hydrogen-bond donors (Lipinski definition) is 1. The average Bonchev–Trinajstić information content (AvgIpc) is 2.94. The molecule has 4 heteroatoms. The van der Waals surface area contributed by atoms with Crippen LogP contribution in [0.5, 0.6) is 5.75 Å². The standard InChI is InChI=1S/C11H11BrN2O/c12-9-4-10-8(5-13-14-10)3-11(9)15-6-7-1-2-7/h3-5,7H,1-2,6H2,(H,13,14). The van der Waals surface area contributed by atoms with Gasteiger partial charge in [0.25, 0.3) is 0 Å². The fourth-order valence-corrected chi connectivity index (χ4v) is 2.00. The summed E-state index contributed by atoms with van der Waals surface area (Å²) in [7, 11) is 0. The predicted molar refractivity (Wildman–Crippen MR) is 62.0 cm³/mol. The molecule has 1 saturated carbocycles. The third-order valence-corrected chi connectivity index (χ3v) is 3.28. The molecule has 1 fully saturated rings. The lowest BCUT2D eigenvalue weighted by atomic mass is 10.2. The van der Waals surface area contributed by atoms with E-state index in [1.165, 1.54) is 12.8 Å². The van der Waals surface area contributed by atoms with Crippen molar-refractivity contribution < 1.29 is 4.74 Å². The van der Waals surface area contributed by atoms with Gasteiger partial charge in [0.15, 0.2) is 0 Å². The second-order valence-corrected chi connectivity index (χ2v) is 4.85. The highest BCUT2D eigenvalue weighted by molar-refractivity contribution is 9.10. The maximum Gasteiger partial charge on any atom is 0.134 e. The highest BCUT2D eigenvalue weighted by Gasteiger charge is 2.22. The molecule has 1 aromatic heterocycles. The maximum absolute atomic E-state index is 5.75. The Morgan fingerprint density at radius 1 is 1.47 bits per heavy atom. The number of H-pyrrole nitrogens is 1. The van der Waals surface area contributed by atoms with Crippen molar-refractivity contribution in [3.05, 3.63) is 22.8 Å². The lowest BCUT2D eigenvalue weighted by molar-refractivity contribution is 0.298. The first kappa shape index (κ1) is 9.21. The van der Waals surface area contributed by atoms with Crippen LogP contribution in [0.25, 0.3) is 10.9 Å². The van der Waals surface area contributed by atoms with Gasteiger partial charge in [-0.25, -0.2) is 0 Å². The Morgan fingerprint density at radius 3 is 3.13 bits per heavy atom. The normalized spacial score (nSPS) is 15.8. The topological polar surface area (TPSA) is 37.9 Å². The maximum atomic E-state index is 5.75. The molecule has 0 saturated heterocycles. The zero-order chi connectivity index (χ0) is 10.3. The predicted octanol–water partition coefficient (Wildman–Crippen LogP) is 3.11. The van der Waals surface area contributed by atoms with Crippen molar-refractivity contribution in [2.24, 2.45) is 5.92 Å². The van der Waals surface area contributed by atoms with E-state index in [4.69, 9.17) is 4.74 Å². The van der Waals surface area contributed by atoms with E-state index >= 15 is 0 Å². The summed E-state index contributed by atoms with van der Waals surface area (Å²) >= 11 is 3.50. The van der Waals surface area contributed by atoms with Crippen LogP contribution in [0.2, 0.25) is 0 Å². The zero-order valence-electron chi connectivity index (χ0n) is 8.16. The first-order valence-electron chi connectivity index (χ1n) is 5.08. The quantitative estimate of drug-likeness (QED) is 0.927. The third kappa shape index (κ3) is 1.86. The number of ether oxygens (including phenoxy) is 1. The molecule has 1 aromatic carbocycles. The molecule has 3 nitrogen and oxygen atoms in total. The van der Waals surface area contributed by atoms with Crippen molar-refractivity contribution in [1.82, 2.24) is 10.2 Å². The molecular formula is C11H11BrN2O. The van der Waals surface area contributed by atoms with Gasteiger partial charge in [-0.3, -0.25) is 5.10 Å². The Hall–Kier alpha value is -1.03. The fourth-order valence-electron chi connectivity index (χ4n) is 1.55. The van der Waals surface area contributed by atoms with E-state index in [2.05, 4.69) is 26.1 Å². The number of fused-ring (bicyclic) bond motifs is 1. The highest BCUT2D eigenvalue weighted by Crippen LogP contribution is 2.33. The number of hydrogen-bond acceptors (Lipinski definition) is 2. The zero-order valence-corrected chi connectivity index (χ0v) is 9.75. The van der Waals surface area contributed by atoms with Crippen LogP contribution in [-0.4, -0.2) is 16.8 Å². The van der Waals surface area contributed by atoms with Crippen LogP contribution in [-0.2, 0) is 0 Å². The number of halogens is 1. The molecule has 1 heterocycles. The minimum atomic E-state index is 0.775. The monoisotopic (exact) mass is 266 g/mol. The molecule has 0 spiro atoms. The minimum absolute atomic E-state index is 0.775. The van der Waals surface area contributed by atoms with Gasteiger partial charge in [0.2, 0.25) is 0 Å². The van der Waals surface area contributed by atoms with Crippen molar-refractivity contribution in [2.45, 2.75) is 12.8 Å². The Labute approximate surface area is 95.9 Å². The molecule has 1 N–H and O–H groups in total. The first-order chi connectivity index (χ1) is 7.33. The van der Waals surface area contributed by atoms with Crippen LogP contribution in [0, 0.1) is 5.92 Å². The van der Waals surface area contributed by atoms with E-state index in [0.29, 0.717) is 0 Å². The SMILES string of the molecule is Brc1cc2[nH]ncc2cc1OCC1CC1. The largest absolute Gasteiger partial charge is 0.492 e. The second kappa shape index (κ2) is 3.52. The van der Waals surface area contributed by atoms with Crippen molar-refractivity contribution >= 4 is 26.8 Å². The molecule has 78 valence electrons. The van der Waals surface area contributed by atoms with E-state index < -0.39 is 0 Å². The molecule has 2 aromatic rings. The Balaban J connectivity index is 1.90. The lowest BCUT2D eigenvalue weighted by Gasteiger charge is -2.07. The van der Waals surface area contributed by atoms with Gasteiger partial charge in [-0.05, 0) is 46.8 Å². The smallest absolute Gasteiger partial charge is 0.134 e. The van der Waals surface area contributed by atoms with Gasteiger partial charge in [0.1, 0.15) is 5.75 Å². The molecule has 15 heavy (non-hydrogen) atoms. The first-order valence-corrected chi connectivity index (χ1v) is 5.87. The van der Waals surface area contributed by atoms with Crippen LogP contribution < -0.4 is 4.74 Å². The second-order valence-electron chi connectivity index (χ2n) is 3.99. The summed E-state index contributed by atoms with van der Waals surface area (Å²) in [6, 6.07) is 4.02. The number of nitrogens with zero attached hydrogens (tertiary/aromatic N) is 1. The van der Waals surface area contributed by atoms with Gasteiger partial charge in [-0.2, -0.15) is 5.10 Å². The van der Waals surface area contributed by atoms with Gasteiger partial charge in [-0.1, -0.05) is 0 Å². The highest BCUT2D eigenvalue weighted by atomic mass is 79.9. The molecule has 3 rings (SSSR count). The molecule has 0 radical (unpaired) electrons. The molecule has 0 amide bonds. The number of nitrogens with one attached hydrogen (secondary N) is 1. The van der Waals surface area contributed by atoms with Crippen molar-refractivity contribution in [3.63, 3.8) is 0 Å². The molecule has 1 aliphatic rings. The van der Waals surface area contributed by atoms with Gasteiger partial charge >= 0.3 is 0 Å². The summed E-state index contributed by atoms with van der Waals surface area (Å²) in [6.07, 6.45) is 4.43. The summed E-state index contributed by atoms with van der Waals surface area (Å²) in [5, 5.41) is 8.01.